The predicted molar refractivity (Wildman–Crippen MR) is 120 cm³/mol. The third-order valence-electron chi connectivity index (χ3n) is 4.24. The summed E-state index contributed by atoms with van der Waals surface area (Å²) in [5, 5.41) is 3.80. The number of hydrogen-bond acceptors (Lipinski definition) is 4. The molecule has 0 aliphatic heterocycles. The molecule has 3 aromatic carbocycles. The maximum Gasteiger partial charge on any atom is 0.258 e. The van der Waals surface area contributed by atoms with Crippen molar-refractivity contribution in [3.05, 3.63) is 95.9 Å². The lowest BCUT2D eigenvalue weighted by atomic mass is 10.2. The van der Waals surface area contributed by atoms with Gasteiger partial charge in [0, 0.05) is 5.69 Å². The number of rotatable bonds is 8. The fourth-order valence-corrected chi connectivity index (χ4v) is 4.00. The molecule has 3 aromatic rings. The Labute approximate surface area is 176 Å². The van der Waals surface area contributed by atoms with Crippen LogP contribution in [0.5, 0.6) is 5.75 Å². The molecule has 0 heterocycles. The van der Waals surface area contributed by atoms with Crippen LogP contribution in [0.15, 0.2) is 90.3 Å². The van der Waals surface area contributed by atoms with Crippen LogP contribution in [0.2, 0.25) is 0 Å². The Morgan fingerprint density at radius 2 is 1.53 bits per heavy atom. The van der Waals surface area contributed by atoms with Crippen LogP contribution in [-0.4, -0.2) is 28.0 Å². The van der Waals surface area contributed by atoms with Gasteiger partial charge < -0.3 is 10.1 Å². The first kappa shape index (κ1) is 21.1. The Bertz CT molecular complexity index is 1110. The number of para-hydroxylation sites is 3. The average Bonchev–Trinajstić information content (AvgIpc) is 2.77. The smallest absolute Gasteiger partial charge is 0.258 e. The maximum atomic E-state index is 13.2. The molecule has 0 radical (unpaired) electrons. The van der Waals surface area contributed by atoms with Gasteiger partial charge in [-0.25, -0.2) is 8.42 Å². The van der Waals surface area contributed by atoms with Crippen molar-refractivity contribution in [1.82, 2.24) is 0 Å². The van der Waals surface area contributed by atoms with Crippen LogP contribution >= 0.6 is 0 Å². The number of carbonyl (C=O) groups is 1. The van der Waals surface area contributed by atoms with Gasteiger partial charge in [-0.3, -0.25) is 9.10 Å². The Balaban J connectivity index is 1.92. The first-order valence-electron chi connectivity index (χ1n) is 9.23. The highest BCUT2D eigenvalue weighted by atomic mass is 32.2. The number of nitrogens with zero attached hydrogens (tertiary/aromatic N) is 1. The first-order chi connectivity index (χ1) is 14.5. The highest BCUT2D eigenvalue weighted by Gasteiger charge is 2.25. The number of carbonyl (C=O) groups excluding carboxylic acids is 1. The van der Waals surface area contributed by atoms with E-state index in [-0.39, 0.29) is 5.69 Å². The third-order valence-corrected chi connectivity index (χ3v) is 5.66. The van der Waals surface area contributed by atoms with E-state index in [0.29, 0.717) is 11.4 Å². The van der Waals surface area contributed by atoms with Crippen LogP contribution < -0.4 is 14.4 Å². The molecule has 0 aliphatic carbocycles. The lowest BCUT2D eigenvalue weighted by Gasteiger charge is -2.24. The molecule has 6 nitrogen and oxygen atoms in total. The number of methoxy groups -OCH3 is 1. The van der Waals surface area contributed by atoms with Crippen LogP contribution in [-0.2, 0) is 14.8 Å². The summed E-state index contributed by atoms with van der Waals surface area (Å²) in [4.78, 5) is 12.6. The third kappa shape index (κ3) is 5.48. The minimum atomic E-state index is -3.98. The normalized spacial score (nSPS) is 11.2. The minimum absolute atomic E-state index is 0.279. The summed E-state index contributed by atoms with van der Waals surface area (Å²) in [6.07, 6.45) is 1.49. The summed E-state index contributed by atoms with van der Waals surface area (Å²) in [6, 6.07) is 24.6. The van der Waals surface area contributed by atoms with E-state index in [1.807, 2.05) is 24.3 Å². The summed E-state index contributed by atoms with van der Waals surface area (Å²) in [7, 11) is -2.53. The monoisotopic (exact) mass is 422 g/mol. The maximum absolute atomic E-state index is 13.2. The molecular formula is C23H22N2O4S. The van der Waals surface area contributed by atoms with E-state index in [1.54, 1.807) is 60.7 Å². The highest BCUT2D eigenvalue weighted by Crippen LogP contribution is 2.30. The van der Waals surface area contributed by atoms with Crippen molar-refractivity contribution in [1.29, 1.82) is 0 Å². The first-order valence-corrected chi connectivity index (χ1v) is 10.7. The Morgan fingerprint density at radius 3 is 2.20 bits per heavy atom. The molecule has 1 amide bonds. The molecule has 0 saturated carbocycles. The minimum Gasteiger partial charge on any atom is -0.495 e. The predicted octanol–water partition coefficient (Wildman–Crippen LogP) is 4.14. The summed E-state index contributed by atoms with van der Waals surface area (Å²) in [5.41, 5.74) is 1.59. The van der Waals surface area contributed by atoms with E-state index in [1.165, 1.54) is 13.2 Å². The molecule has 0 bridgehead atoms. The van der Waals surface area contributed by atoms with Gasteiger partial charge in [-0.1, -0.05) is 60.7 Å². The van der Waals surface area contributed by atoms with Crippen molar-refractivity contribution in [2.24, 2.45) is 0 Å². The molecular weight excluding hydrogens is 400 g/mol. The lowest BCUT2D eigenvalue weighted by Crippen LogP contribution is -2.37. The zero-order valence-electron chi connectivity index (χ0n) is 16.4. The number of benzene rings is 3. The van der Waals surface area contributed by atoms with Gasteiger partial charge >= 0.3 is 0 Å². The van der Waals surface area contributed by atoms with Crippen molar-refractivity contribution in [2.45, 2.75) is 0 Å². The molecule has 0 aliphatic rings. The van der Waals surface area contributed by atoms with Crippen molar-refractivity contribution in [3.63, 3.8) is 0 Å². The molecule has 154 valence electrons. The molecule has 0 spiro atoms. The van der Waals surface area contributed by atoms with Crippen molar-refractivity contribution in [2.75, 3.05) is 23.3 Å². The number of anilines is 2. The van der Waals surface area contributed by atoms with Crippen molar-refractivity contribution in [3.8, 4) is 5.75 Å². The van der Waals surface area contributed by atoms with Crippen LogP contribution in [0.4, 0.5) is 11.4 Å². The molecule has 0 fully saturated rings. The van der Waals surface area contributed by atoms with Crippen molar-refractivity contribution < 1.29 is 17.9 Å². The average molecular weight is 423 g/mol. The molecule has 0 saturated heterocycles. The number of ether oxygens (including phenoxy) is 1. The molecule has 0 unspecified atom stereocenters. The quantitative estimate of drug-likeness (QED) is 0.592. The second-order valence-electron chi connectivity index (χ2n) is 6.35. The fraction of sp³-hybridized carbons (Fsp3) is 0.0870. The zero-order chi connectivity index (χ0) is 21.4. The molecule has 0 atom stereocenters. The molecule has 3 rings (SSSR count). The highest BCUT2D eigenvalue weighted by molar-refractivity contribution is 7.95. The number of hydrogen-bond donors (Lipinski definition) is 1. The Morgan fingerprint density at radius 1 is 0.933 bits per heavy atom. The summed E-state index contributed by atoms with van der Waals surface area (Å²) in [6.45, 7) is -0.406. The molecule has 7 heteroatoms. The van der Waals surface area contributed by atoms with Gasteiger partial charge in [-0.15, -0.1) is 0 Å². The van der Waals surface area contributed by atoms with Gasteiger partial charge in [0.1, 0.15) is 12.3 Å². The summed E-state index contributed by atoms with van der Waals surface area (Å²) < 4.78 is 32.7. The fourth-order valence-electron chi connectivity index (χ4n) is 2.80. The molecule has 1 N–H and O–H groups in total. The number of nitrogens with one attached hydrogen (secondary N) is 1. The summed E-state index contributed by atoms with van der Waals surface area (Å²) >= 11 is 0. The second-order valence-corrected chi connectivity index (χ2v) is 8.09. The van der Waals surface area contributed by atoms with E-state index in [4.69, 9.17) is 4.74 Å². The van der Waals surface area contributed by atoms with Crippen molar-refractivity contribution >= 4 is 33.4 Å². The second kappa shape index (κ2) is 9.76. The van der Waals surface area contributed by atoms with Crippen LogP contribution in [0.1, 0.15) is 5.56 Å². The van der Waals surface area contributed by atoms with Crippen LogP contribution in [0, 0.1) is 0 Å². The number of amides is 1. The summed E-state index contributed by atoms with van der Waals surface area (Å²) in [5.74, 6) is -0.120. The molecule has 0 aromatic heterocycles. The van der Waals surface area contributed by atoms with Crippen LogP contribution in [0.25, 0.3) is 6.08 Å². The zero-order valence-corrected chi connectivity index (χ0v) is 17.2. The van der Waals surface area contributed by atoms with E-state index >= 15 is 0 Å². The van der Waals surface area contributed by atoms with E-state index in [9.17, 15) is 13.2 Å². The lowest BCUT2D eigenvalue weighted by molar-refractivity contribution is -0.114. The van der Waals surface area contributed by atoms with Gasteiger partial charge in [-0.05, 0) is 35.9 Å². The van der Waals surface area contributed by atoms with E-state index in [0.717, 1.165) is 15.3 Å². The van der Waals surface area contributed by atoms with E-state index < -0.39 is 22.5 Å². The standard InChI is InChI=1S/C23H22N2O4S/c1-29-22-15-9-8-14-21(22)25(18-23(26)24-20-12-6-3-7-13-20)30(27,28)17-16-19-10-4-2-5-11-19/h2-17H,18H2,1H3,(H,24,26). The van der Waals surface area contributed by atoms with Gasteiger partial charge in [0.25, 0.3) is 10.0 Å². The van der Waals surface area contributed by atoms with Crippen LogP contribution in [0.3, 0.4) is 0 Å². The molecule has 30 heavy (non-hydrogen) atoms. The van der Waals surface area contributed by atoms with Gasteiger partial charge in [0.05, 0.1) is 18.2 Å². The van der Waals surface area contributed by atoms with Gasteiger partial charge in [-0.2, -0.15) is 0 Å². The largest absolute Gasteiger partial charge is 0.495 e. The Hall–Kier alpha value is -3.58. The topological polar surface area (TPSA) is 75.7 Å². The van der Waals surface area contributed by atoms with E-state index in [2.05, 4.69) is 5.32 Å². The number of sulfonamides is 1. The van der Waals surface area contributed by atoms with Gasteiger partial charge in [0.2, 0.25) is 5.91 Å². The van der Waals surface area contributed by atoms with Gasteiger partial charge in [0.15, 0.2) is 0 Å². The Kier molecular flexibility index (Phi) is 6.87. The SMILES string of the molecule is COc1ccccc1N(CC(=O)Nc1ccccc1)S(=O)(=O)C=Cc1ccccc1.